The predicted octanol–water partition coefficient (Wildman–Crippen LogP) is 1.63. The maximum absolute atomic E-state index is 12.1. The molecule has 2 N–H and O–H groups in total. The number of rotatable bonds is 5. The summed E-state index contributed by atoms with van der Waals surface area (Å²) in [5.41, 5.74) is 0.167. The lowest BCUT2D eigenvalue weighted by molar-refractivity contribution is -0.137. The molecule has 0 spiro atoms. The van der Waals surface area contributed by atoms with Gasteiger partial charge in [0, 0.05) is 17.2 Å². The lowest BCUT2D eigenvalue weighted by Gasteiger charge is -2.07. The van der Waals surface area contributed by atoms with E-state index in [0.29, 0.717) is 0 Å². The minimum Gasteiger partial charge on any atom is -0.480 e. The fourth-order valence-electron chi connectivity index (χ4n) is 1.90. The Morgan fingerprint density at radius 1 is 1.23 bits per heavy atom. The maximum atomic E-state index is 12.1. The van der Waals surface area contributed by atoms with Crippen molar-refractivity contribution in [1.82, 2.24) is 9.88 Å². The van der Waals surface area contributed by atoms with Crippen LogP contribution in [0.5, 0.6) is 0 Å². The number of carbonyl (C=O) groups excluding carboxylic acids is 1. The van der Waals surface area contributed by atoms with E-state index in [1.165, 1.54) is 18.3 Å². The van der Waals surface area contributed by atoms with E-state index in [-0.39, 0.29) is 12.1 Å². The van der Waals surface area contributed by atoms with Crippen LogP contribution in [0.25, 0.3) is 0 Å². The molecule has 6 nitrogen and oxygen atoms in total. The summed E-state index contributed by atoms with van der Waals surface area (Å²) >= 11 is 3.34. The molecular weight excluding hydrogens is 352 g/mol. The molecule has 0 bridgehead atoms. The number of carboxylic acids is 1. The lowest BCUT2D eigenvalue weighted by atomic mass is 10.2. The molecule has 114 valence electrons. The van der Waals surface area contributed by atoms with Crippen LogP contribution >= 0.6 is 15.9 Å². The first-order valence-electron chi connectivity index (χ1n) is 6.41. The van der Waals surface area contributed by atoms with Gasteiger partial charge in [0.1, 0.15) is 12.1 Å². The summed E-state index contributed by atoms with van der Waals surface area (Å²) in [5, 5.41) is 11.4. The topological polar surface area (TPSA) is 88.4 Å². The monoisotopic (exact) mass is 364 g/mol. The smallest absolute Gasteiger partial charge is 0.323 e. The Morgan fingerprint density at radius 3 is 2.68 bits per heavy atom. The zero-order valence-corrected chi connectivity index (χ0v) is 13.0. The van der Waals surface area contributed by atoms with Crippen molar-refractivity contribution in [3.05, 3.63) is 68.5 Å². The average molecular weight is 365 g/mol. The van der Waals surface area contributed by atoms with Gasteiger partial charge in [0.05, 0.1) is 0 Å². The number of pyridine rings is 1. The van der Waals surface area contributed by atoms with Crippen molar-refractivity contribution >= 4 is 27.8 Å². The fraction of sp³-hybridized carbons (Fsp3) is 0.133. The largest absolute Gasteiger partial charge is 0.480 e. The van der Waals surface area contributed by atoms with Gasteiger partial charge in [0.2, 0.25) is 0 Å². The highest BCUT2D eigenvalue weighted by Gasteiger charge is 2.13. The van der Waals surface area contributed by atoms with Gasteiger partial charge in [-0.2, -0.15) is 0 Å². The van der Waals surface area contributed by atoms with Gasteiger partial charge in [-0.3, -0.25) is 14.4 Å². The van der Waals surface area contributed by atoms with Crippen LogP contribution < -0.4 is 10.9 Å². The van der Waals surface area contributed by atoms with Gasteiger partial charge in [-0.15, -0.1) is 0 Å². The van der Waals surface area contributed by atoms with Crippen molar-refractivity contribution in [2.75, 3.05) is 0 Å². The molecular formula is C15H13BrN2O4. The number of carbonyl (C=O) groups is 2. The van der Waals surface area contributed by atoms with E-state index in [0.717, 1.165) is 14.6 Å². The second kappa shape index (κ2) is 7.04. The molecule has 1 aromatic carbocycles. The highest BCUT2D eigenvalue weighted by Crippen LogP contribution is 2.11. The van der Waals surface area contributed by atoms with Crippen molar-refractivity contribution in [2.24, 2.45) is 0 Å². The van der Waals surface area contributed by atoms with E-state index < -0.39 is 24.0 Å². The van der Waals surface area contributed by atoms with E-state index in [9.17, 15) is 14.4 Å². The summed E-state index contributed by atoms with van der Waals surface area (Å²) in [5.74, 6) is -1.68. The number of aromatic nitrogens is 1. The third-order valence-electron chi connectivity index (χ3n) is 2.91. The quantitative estimate of drug-likeness (QED) is 0.843. The molecule has 22 heavy (non-hydrogen) atoms. The number of hydrogen-bond acceptors (Lipinski definition) is 3. The molecule has 2 rings (SSSR count). The fourth-order valence-corrected chi connectivity index (χ4v) is 2.35. The molecule has 0 atom stereocenters. The molecule has 7 heteroatoms. The highest BCUT2D eigenvalue weighted by atomic mass is 79.9. The molecule has 0 saturated carbocycles. The lowest BCUT2D eigenvalue weighted by Crippen LogP contribution is -2.33. The van der Waals surface area contributed by atoms with Gasteiger partial charge in [0.15, 0.2) is 0 Å². The molecule has 1 amide bonds. The maximum Gasteiger partial charge on any atom is 0.323 e. The summed E-state index contributed by atoms with van der Waals surface area (Å²) in [4.78, 5) is 34.8. The Morgan fingerprint density at radius 2 is 2.00 bits per heavy atom. The summed E-state index contributed by atoms with van der Waals surface area (Å²) in [6.45, 7) is -0.211. The first kappa shape index (κ1) is 16.0. The van der Waals surface area contributed by atoms with Crippen LogP contribution in [0, 0.1) is 0 Å². The average Bonchev–Trinajstić information content (AvgIpc) is 2.46. The SMILES string of the molecule is O=C(O)Cn1cccc(C(=O)NCc2cccc(Br)c2)c1=O. The minimum absolute atomic E-state index is 0.0845. The number of benzene rings is 1. The minimum atomic E-state index is -1.14. The molecule has 0 saturated heterocycles. The Hall–Kier alpha value is -2.41. The number of nitrogens with zero attached hydrogens (tertiary/aromatic N) is 1. The number of nitrogens with one attached hydrogen (secondary N) is 1. The zero-order chi connectivity index (χ0) is 16.1. The molecule has 0 aliphatic rings. The van der Waals surface area contributed by atoms with Crippen LogP contribution in [0.3, 0.4) is 0 Å². The van der Waals surface area contributed by atoms with Crippen LogP contribution in [0.4, 0.5) is 0 Å². The van der Waals surface area contributed by atoms with Gasteiger partial charge in [-0.05, 0) is 29.8 Å². The van der Waals surface area contributed by atoms with E-state index in [1.807, 2.05) is 24.3 Å². The molecule has 0 aliphatic carbocycles. The normalized spacial score (nSPS) is 10.2. The molecule has 1 heterocycles. The second-order valence-electron chi connectivity index (χ2n) is 4.56. The highest BCUT2D eigenvalue weighted by molar-refractivity contribution is 9.10. The van der Waals surface area contributed by atoms with Gasteiger partial charge < -0.3 is 15.0 Å². The van der Waals surface area contributed by atoms with Gasteiger partial charge in [-0.1, -0.05) is 28.1 Å². The van der Waals surface area contributed by atoms with Crippen LogP contribution in [0.1, 0.15) is 15.9 Å². The molecule has 0 unspecified atom stereocenters. The third-order valence-corrected chi connectivity index (χ3v) is 3.41. The Bertz CT molecular complexity index is 770. The van der Waals surface area contributed by atoms with Gasteiger partial charge >= 0.3 is 5.97 Å². The van der Waals surface area contributed by atoms with E-state index in [4.69, 9.17) is 5.11 Å². The number of carboxylic acid groups (broad SMARTS) is 1. The molecule has 1 aromatic heterocycles. The molecule has 0 radical (unpaired) electrons. The summed E-state index contributed by atoms with van der Waals surface area (Å²) in [7, 11) is 0. The molecule has 0 aliphatic heterocycles. The number of halogens is 1. The van der Waals surface area contributed by atoms with Crippen molar-refractivity contribution in [1.29, 1.82) is 0 Å². The van der Waals surface area contributed by atoms with Gasteiger partial charge in [0.25, 0.3) is 11.5 Å². The number of hydrogen-bond donors (Lipinski definition) is 2. The number of amides is 1. The Labute approximate surface area is 134 Å². The standard InChI is InChI=1S/C15H13BrN2O4/c16-11-4-1-3-10(7-11)8-17-14(21)12-5-2-6-18(15(12)22)9-13(19)20/h1-7H,8-9H2,(H,17,21)(H,19,20). The van der Waals surface area contributed by atoms with Crippen LogP contribution in [0.2, 0.25) is 0 Å². The van der Waals surface area contributed by atoms with Crippen LogP contribution in [-0.4, -0.2) is 21.6 Å². The Balaban J connectivity index is 2.13. The van der Waals surface area contributed by atoms with E-state index in [1.54, 1.807) is 0 Å². The Kier molecular flexibility index (Phi) is 5.11. The number of aliphatic carboxylic acids is 1. The van der Waals surface area contributed by atoms with E-state index >= 15 is 0 Å². The zero-order valence-electron chi connectivity index (χ0n) is 11.5. The van der Waals surface area contributed by atoms with Crippen LogP contribution in [-0.2, 0) is 17.9 Å². The van der Waals surface area contributed by atoms with Crippen LogP contribution in [0.15, 0.2) is 51.9 Å². The second-order valence-corrected chi connectivity index (χ2v) is 5.48. The first-order valence-corrected chi connectivity index (χ1v) is 7.20. The van der Waals surface area contributed by atoms with Crippen molar-refractivity contribution in [3.63, 3.8) is 0 Å². The molecule has 2 aromatic rings. The van der Waals surface area contributed by atoms with E-state index in [2.05, 4.69) is 21.2 Å². The molecule has 0 fully saturated rings. The summed E-state index contributed by atoms with van der Waals surface area (Å²) in [6, 6.07) is 10.3. The van der Waals surface area contributed by atoms with Crippen molar-refractivity contribution in [3.8, 4) is 0 Å². The summed E-state index contributed by atoms with van der Waals surface area (Å²) < 4.78 is 1.87. The first-order chi connectivity index (χ1) is 10.5. The third kappa shape index (κ3) is 4.05. The van der Waals surface area contributed by atoms with Gasteiger partial charge in [-0.25, -0.2) is 0 Å². The van der Waals surface area contributed by atoms with Crippen molar-refractivity contribution in [2.45, 2.75) is 13.1 Å². The predicted molar refractivity (Wildman–Crippen MR) is 83.7 cm³/mol. The summed E-state index contributed by atoms with van der Waals surface area (Å²) in [6.07, 6.45) is 1.33. The van der Waals surface area contributed by atoms with Crippen molar-refractivity contribution < 1.29 is 14.7 Å².